The number of pyridine rings is 1. The molecule has 2 atom stereocenters. The number of ether oxygens (including phenoxy) is 2. The monoisotopic (exact) mass is 436 g/mol. The van der Waals surface area contributed by atoms with Crippen LogP contribution in [0.5, 0.6) is 5.75 Å². The molecule has 1 aliphatic heterocycles. The van der Waals surface area contributed by atoms with Crippen molar-refractivity contribution >= 4 is 0 Å². The minimum Gasteiger partial charge on any atom is -0.496 e. The van der Waals surface area contributed by atoms with Gasteiger partial charge in [0, 0.05) is 36.8 Å². The van der Waals surface area contributed by atoms with E-state index in [1.807, 2.05) is 50.8 Å². The number of halogens is 3. The topological polar surface area (TPSA) is 34.6 Å². The first-order valence-corrected chi connectivity index (χ1v) is 10.8. The van der Waals surface area contributed by atoms with Gasteiger partial charge < -0.3 is 9.47 Å². The van der Waals surface area contributed by atoms with Gasteiger partial charge in [-0.1, -0.05) is 32.0 Å². The van der Waals surface area contributed by atoms with Crippen LogP contribution in [-0.4, -0.2) is 42.3 Å². The van der Waals surface area contributed by atoms with Gasteiger partial charge >= 0.3 is 6.18 Å². The second-order valence-corrected chi connectivity index (χ2v) is 8.14. The lowest BCUT2D eigenvalue weighted by atomic mass is 9.94. The SMILES string of the molecule is CCc1cccc(CC)c1-c1cc(OC)c(CN2C[C@@H](C)O[C@H](C)C2)c(C(F)(F)F)n1. The molecule has 2 aromatic rings. The minimum absolute atomic E-state index is 0.0418. The number of rotatable bonds is 6. The summed E-state index contributed by atoms with van der Waals surface area (Å²) in [6.45, 7) is 9.08. The van der Waals surface area contributed by atoms with Gasteiger partial charge in [-0.2, -0.15) is 13.2 Å². The Kier molecular flexibility index (Phi) is 7.27. The van der Waals surface area contributed by atoms with Crippen LogP contribution in [-0.2, 0) is 30.3 Å². The first-order valence-electron chi connectivity index (χ1n) is 10.8. The van der Waals surface area contributed by atoms with E-state index in [2.05, 4.69) is 4.98 Å². The molecule has 1 aliphatic rings. The molecule has 0 unspecified atom stereocenters. The van der Waals surface area contributed by atoms with Gasteiger partial charge in [-0.25, -0.2) is 4.98 Å². The highest BCUT2D eigenvalue weighted by Gasteiger charge is 2.38. The summed E-state index contributed by atoms with van der Waals surface area (Å²) in [6, 6.07) is 7.49. The van der Waals surface area contributed by atoms with Crippen LogP contribution in [0.25, 0.3) is 11.3 Å². The lowest BCUT2D eigenvalue weighted by Gasteiger charge is -2.35. The lowest BCUT2D eigenvalue weighted by Crippen LogP contribution is -2.45. The largest absolute Gasteiger partial charge is 0.496 e. The second kappa shape index (κ2) is 9.57. The molecule has 3 rings (SSSR count). The molecular formula is C24H31F3N2O2. The van der Waals surface area contributed by atoms with E-state index >= 15 is 0 Å². The molecule has 1 fully saturated rings. The first kappa shape index (κ1) is 23.5. The van der Waals surface area contributed by atoms with Crippen LogP contribution in [0.1, 0.15) is 50.1 Å². The van der Waals surface area contributed by atoms with Crippen LogP contribution in [0.2, 0.25) is 0 Å². The van der Waals surface area contributed by atoms with Crippen LogP contribution >= 0.6 is 0 Å². The predicted octanol–water partition coefficient (Wildman–Crippen LogP) is 5.51. The van der Waals surface area contributed by atoms with Crippen molar-refractivity contribution in [3.05, 3.63) is 46.6 Å². The molecule has 31 heavy (non-hydrogen) atoms. The molecule has 0 saturated carbocycles. The highest BCUT2D eigenvalue weighted by Crippen LogP contribution is 2.39. The lowest BCUT2D eigenvalue weighted by molar-refractivity contribution is -0.142. The van der Waals surface area contributed by atoms with E-state index in [0.717, 1.165) is 16.7 Å². The second-order valence-electron chi connectivity index (χ2n) is 8.14. The van der Waals surface area contributed by atoms with Gasteiger partial charge in [0.15, 0.2) is 5.69 Å². The van der Waals surface area contributed by atoms with Crippen molar-refractivity contribution in [1.29, 1.82) is 0 Å². The number of benzene rings is 1. The molecular weight excluding hydrogens is 405 g/mol. The molecule has 170 valence electrons. The third-order valence-corrected chi connectivity index (χ3v) is 5.70. The zero-order chi connectivity index (χ0) is 22.8. The number of nitrogens with zero attached hydrogens (tertiary/aromatic N) is 2. The number of alkyl halides is 3. The average Bonchev–Trinajstić information content (AvgIpc) is 2.71. The Balaban J connectivity index is 2.15. The molecule has 2 heterocycles. The number of hydrogen-bond donors (Lipinski definition) is 0. The predicted molar refractivity (Wildman–Crippen MR) is 115 cm³/mol. The van der Waals surface area contributed by atoms with E-state index in [9.17, 15) is 13.2 Å². The van der Waals surface area contributed by atoms with Gasteiger partial charge in [0.05, 0.1) is 25.0 Å². The summed E-state index contributed by atoms with van der Waals surface area (Å²) >= 11 is 0. The van der Waals surface area contributed by atoms with Crippen molar-refractivity contribution in [3.63, 3.8) is 0 Å². The highest BCUT2D eigenvalue weighted by atomic mass is 19.4. The van der Waals surface area contributed by atoms with Crippen LogP contribution in [0.15, 0.2) is 24.3 Å². The normalized spacial score (nSPS) is 20.1. The maximum absolute atomic E-state index is 14.2. The molecule has 0 aliphatic carbocycles. The van der Waals surface area contributed by atoms with E-state index in [1.54, 1.807) is 6.07 Å². The van der Waals surface area contributed by atoms with Crippen LogP contribution in [0, 0.1) is 0 Å². The van der Waals surface area contributed by atoms with E-state index < -0.39 is 11.9 Å². The summed E-state index contributed by atoms with van der Waals surface area (Å²) in [4.78, 5) is 6.16. The number of aryl methyl sites for hydroxylation is 2. The van der Waals surface area contributed by atoms with E-state index in [0.29, 0.717) is 31.6 Å². The quantitative estimate of drug-likeness (QED) is 0.598. The van der Waals surface area contributed by atoms with Crippen molar-refractivity contribution in [1.82, 2.24) is 9.88 Å². The molecule has 0 radical (unpaired) electrons. The summed E-state index contributed by atoms with van der Waals surface area (Å²) in [5, 5.41) is 0. The van der Waals surface area contributed by atoms with Crippen LogP contribution in [0.3, 0.4) is 0 Å². The average molecular weight is 437 g/mol. The van der Waals surface area contributed by atoms with Gasteiger partial charge in [-0.15, -0.1) is 0 Å². The van der Waals surface area contributed by atoms with E-state index in [4.69, 9.17) is 9.47 Å². The highest BCUT2D eigenvalue weighted by molar-refractivity contribution is 5.70. The minimum atomic E-state index is -4.59. The third-order valence-electron chi connectivity index (χ3n) is 5.70. The molecule has 1 saturated heterocycles. The molecule has 0 spiro atoms. The summed E-state index contributed by atoms with van der Waals surface area (Å²) in [7, 11) is 1.42. The Morgan fingerprint density at radius 2 is 1.68 bits per heavy atom. The maximum Gasteiger partial charge on any atom is 0.433 e. The van der Waals surface area contributed by atoms with Crippen molar-refractivity contribution in [2.45, 2.75) is 65.5 Å². The third kappa shape index (κ3) is 5.21. The van der Waals surface area contributed by atoms with Gasteiger partial charge in [0.1, 0.15) is 5.75 Å². The molecule has 4 nitrogen and oxygen atoms in total. The zero-order valence-corrected chi connectivity index (χ0v) is 18.8. The van der Waals surface area contributed by atoms with Crippen molar-refractivity contribution in [3.8, 4) is 17.0 Å². The van der Waals surface area contributed by atoms with Crippen LogP contribution in [0.4, 0.5) is 13.2 Å². The first-order chi connectivity index (χ1) is 14.7. The number of methoxy groups -OCH3 is 1. The van der Waals surface area contributed by atoms with Gasteiger partial charge in [0.2, 0.25) is 0 Å². The Morgan fingerprint density at radius 1 is 1.10 bits per heavy atom. The molecule has 0 N–H and O–H groups in total. The van der Waals surface area contributed by atoms with Crippen molar-refractivity contribution in [2.24, 2.45) is 0 Å². The Morgan fingerprint density at radius 3 is 2.16 bits per heavy atom. The molecule has 7 heteroatoms. The van der Waals surface area contributed by atoms with Crippen LogP contribution < -0.4 is 4.74 Å². The molecule has 0 amide bonds. The van der Waals surface area contributed by atoms with Gasteiger partial charge in [0.25, 0.3) is 0 Å². The Hall–Kier alpha value is -2.12. The number of morpholine rings is 1. The van der Waals surface area contributed by atoms with E-state index in [-0.39, 0.29) is 30.1 Å². The summed E-state index contributed by atoms with van der Waals surface area (Å²) in [5.41, 5.74) is 2.24. The van der Waals surface area contributed by atoms with Gasteiger partial charge in [-0.3, -0.25) is 4.90 Å². The Labute approximate surface area is 182 Å². The van der Waals surface area contributed by atoms with Crippen molar-refractivity contribution in [2.75, 3.05) is 20.2 Å². The zero-order valence-electron chi connectivity index (χ0n) is 18.8. The summed E-state index contributed by atoms with van der Waals surface area (Å²) in [5.74, 6) is 0.220. The van der Waals surface area contributed by atoms with Crippen molar-refractivity contribution < 1.29 is 22.6 Å². The molecule has 1 aromatic carbocycles. The van der Waals surface area contributed by atoms with E-state index in [1.165, 1.54) is 7.11 Å². The fraction of sp³-hybridized carbons (Fsp3) is 0.542. The summed E-state index contributed by atoms with van der Waals surface area (Å²) < 4.78 is 53.7. The molecule has 1 aromatic heterocycles. The molecule has 0 bridgehead atoms. The standard InChI is InChI=1S/C24H31F3N2O2/c1-6-17-9-8-10-18(7-2)22(17)20-11-21(30-5)19(23(28-20)24(25,26)27)14-29-12-15(3)31-16(4)13-29/h8-11,15-16H,6-7,12-14H2,1-5H3/t15-,16-/m1/s1. The maximum atomic E-state index is 14.2. The fourth-order valence-corrected chi connectivity index (χ4v) is 4.45. The number of hydrogen-bond acceptors (Lipinski definition) is 4. The fourth-order valence-electron chi connectivity index (χ4n) is 4.45. The van der Waals surface area contributed by atoms with Gasteiger partial charge in [-0.05, 0) is 37.8 Å². The Bertz CT molecular complexity index is 882. The smallest absolute Gasteiger partial charge is 0.433 e. The number of aromatic nitrogens is 1. The summed E-state index contributed by atoms with van der Waals surface area (Å²) in [6.07, 6.45) is -3.25.